The number of aromatic nitrogens is 1. The van der Waals surface area contributed by atoms with Crippen LogP contribution in [0.2, 0.25) is 10.0 Å². The Morgan fingerprint density at radius 1 is 1.19 bits per heavy atom. The molecule has 0 fully saturated rings. The minimum absolute atomic E-state index is 0.162. The first-order chi connectivity index (χ1) is 10.0. The first kappa shape index (κ1) is 15.6. The van der Waals surface area contributed by atoms with Crippen LogP contribution in [0.15, 0.2) is 30.3 Å². The fourth-order valence-electron chi connectivity index (χ4n) is 1.84. The number of nitrogens with one attached hydrogen (secondary N) is 2. The zero-order valence-electron chi connectivity index (χ0n) is 11.7. The Balaban J connectivity index is 2.30. The fraction of sp³-hybridized carbons (Fsp3) is 0.200. The molecule has 1 amide bonds. The van der Waals surface area contributed by atoms with Gasteiger partial charge in [-0.15, -0.1) is 0 Å². The van der Waals surface area contributed by atoms with Crippen molar-refractivity contribution in [3.8, 4) is 0 Å². The summed E-state index contributed by atoms with van der Waals surface area (Å²) in [6, 6.07) is 8.77. The molecular weight excluding hydrogens is 309 g/mol. The third-order valence-corrected chi connectivity index (χ3v) is 3.50. The highest BCUT2D eigenvalue weighted by atomic mass is 35.5. The fourth-order valence-corrected chi connectivity index (χ4v) is 2.30. The van der Waals surface area contributed by atoms with Crippen molar-refractivity contribution in [2.75, 3.05) is 17.2 Å². The summed E-state index contributed by atoms with van der Waals surface area (Å²) in [7, 11) is 0. The molecule has 0 atom stereocenters. The van der Waals surface area contributed by atoms with E-state index >= 15 is 0 Å². The number of anilines is 2. The molecular formula is C15H15Cl2N3O. The van der Waals surface area contributed by atoms with Crippen LogP contribution in [0, 0.1) is 6.92 Å². The number of nitrogens with zero attached hydrogens (tertiary/aromatic N) is 1. The van der Waals surface area contributed by atoms with Crippen molar-refractivity contribution in [3.63, 3.8) is 0 Å². The van der Waals surface area contributed by atoms with E-state index in [1.54, 1.807) is 18.2 Å². The number of hydrogen-bond donors (Lipinski definition) is 2. The summed E-state index contributed by atoms with van der Waals surface area (Å²) in [4.78, 5) is 16.6. The van der Waals surface area contributed by atoms with Gasteiger partial charge in [-0.25, -0.2) is 4.98 Å². The van der Waals surface area contributed by atoms with Crippen LogP contribution >= 0.6 is 23.2 Å². The molecule has 2 rings (SSSR count). The summed E-state index contributed by atoms with van der Waals surface area (Å²) in [6.45, 7) is 4.52. The van der Waals surface area contributed by atoms with Gasteiger partial charge in [0.25, 0.3) is 5.91 Å². The number of benzene rings is 1. The number of para-hydroxylation sites is 1. The van der Waals surface area contributed by atoms with Crippen molar-refractivity contribution >= 4 is 40.6 Å². The van der Waals surface area contributed by atoms with Gasteiger partial charge in [-0.1, -0.05) is 35.3 Å². The van der Waals surface area contributed by atoms with E-state index < -0.39 is 5.91 Å². The summed E-state index contributed by atoms with van der Waals surface area (Å²) in [5.74, 6) is 0.207. The molecule has 0 saturated carbocycles. The van der Waals surface area contributed by atoms with Gasteiger partial charge in [0.2, 0.25) is 0 Å². The lowest BCUT2D eigenvalue weighted by molar-refractivity contribution is 0.102. The molecule has 1 heterocycles. The summed E-state index contributed by atoms with van der Waals surface area (Å²) in [5, 5.41) is 6.57. The number of carbonyl (C=O) groups excluding carboxylic acids is 1. The van der Waals surface area contributed by atoms with Crippen molar-refractivity contribution in [1.29, 1.82) is 0 Å². The van der Waals surface area contributed by atoms with Gasteiger partial charge in [-0.05, 0) is 37.6 Å². The zero-order chi connectivity index (χ0) is 15.4. The molecule has 1 aromatic heterocycles. The van der Waals surface area contributed by atoms with Crippen molar-refractivity contribution in [3.05, 3.63) is 51.6 Å². The number of pyridine rings is 1. The van der Waals surface area contributed by atoms with E-state index in [1.807, 2.05) is 26.0 Å². The molecule has 0 aliphatic carbocycles. The van der Waals surface area contributed by atoms with E-state index in [0.717, 1.165) is 5.56 Å². The second-order valence-electron chi connectivity index (χ2n) is 4.44. The molecule has 0 bridgehead atoms. The average molecular weight is 324 g/mol. The molecule has 0 unspecified atom stereocenters. The maximum atomic E-state index is 12.4. The Kier molecular flexibility index (Phi) is 5.04. The van der Waals surface area contributed by atoms with E-state index in [0.29, 0.717) is 28.1 Å². The number of halogens is 2. The monoisotopic (exact) mass is 323 g/mol. The van der Waals surface area contributed by atoms with Crippen LogP contribution in [0.5, 0.6) is 0 Å². The van der Waals surface area contributed by atoms with Crippen LogP contribution in [0.3, 0.4) is 0 Å². The molecule has 1 aromatic carbocycles. The van der Waals surface area contributed by atoms with Crippen LogP contribution in [0.4, 0.5) is 11.5 Å². The van der Waals surface area contributed by atoms with E-state index in [9.17, 15) is 4.79 Å². The Bertz CT molecular complexity index is 654. The van der Waals surface area contributed by atoms with Gasteiger partial charge in [0.1, 0.15) is 11.5 Å². The van der Waals surface area contributed by atoms with Crippen molar-refractivity contribution in [1.82, 2.24) is 4.98 Å². The number of carbonyl (C=O) groups is 1. The van der Waals surface area contributed by atoms with Gasteiger partial charge in [0.05, 0.1) is 15.7 Å². The number of hydrogen-bond acceptors (Lipinski definition) is 3. The largest absolute Gasteiger partial charge is 0.370 e. The van der Waals surface area contributed by atoms with Crippen molar-refractivity contribution in [2.45, 2.75) is 13.8 Å². The Morgan fingerprint density at radius 2 is 1.95 bits per heavy atom. The summed E-state index contributed by atoms with van der Waals surface area (Å²) >= 11 is 12.2. The normalized spacial score (nSPS) is 10.3. The zero-order valence-corrected chi connectivity index (χ0v) is 13.2. The summed E-state index contributed by atoms with van der Waals surface area (Å²) in [5.41, 5.74) is 1.60. The Morgan fingerprint density at radius 3 is 2.62 bits per heavy atom. The van der Waals surface area contributed by atoms with Crippen LogP contribution in [-0.4, -0.2) is 17.4 Å². The Labute approximate surface area is 133 Å². The molecule has 110 valence electrons. The topological polar surface area (TPSA) is 54.0 Å². The van der Waals surface area contributed by atoms with E-state index in [2.05, 4.69) is 15.6 Å². The number of rotatable bonds is 4. The van der Waals surface area contributed by atoms with Gasteiger partial charge >= 0.3 is 0 Å². The summed E-state index contributed by atoms with van der Waals surface area (Å²) in [6.07, 6.45) is 0. The molecule has 0 aliphatic rings. The third-order valence-electron chi connectivity index (χ3n) is 2.88. The van der Waals surface area contributed by atoms with Crippen LogP contribution in [-0.2, 0) is 0 Å². The number of aryl methyl sites for hydroxylation is 1. The predicted octanol–water partition coefficient (Wildman–Crippen LogP) is 4.38. The molecule has 2 aromatic rings. The number of amides is 1. The molecule has 21 heavy (non-hydrogen) atoms. The van der Waals surface area contributed by atoms with Crippen LogP contribution in [0.1, 0.15) is 23.0 Å². The Hall–Kier alpha value is -1.78. The molecule has 0 saturated heterocycles. The molecule has 6 heteroatoms. The van der Waals surface area contributed by atoms with Crippen LogP contribution in [0.25, 0.3) is 0 Å². The molecule has 0 aliphatic heterocycles. The second-order valence-corrected chi connectivity index (χ2v) is 5.26. The first-order valence-electron chi connectivity index (χ1n) is 6.49. The standard InChI is InChI=1S/C15H15Cl2N3O/c1-3-18-12-8-7-11(17)14(19-12)15(21)20-13-9(2)5-4-6-10(13)16/h4-8H,3H2,1-2H3,(H,18,19)(H,20,21). The second kappa shape index (κ2) is 6.78. The van der Waals surface area contributed by atoms with Crippen LogP contribution < -0.4 is 10.6 Å². The highest BCUT2D eigenvalue weighted by Gasteiger charge is 2.15. The molecule has 4 nitrogen and oxygen atoms in total. The minimum Gasteiger partial charge on any atom is -0.370 e. The maximum absolute atomic E-state index is 12.4. The highest BCUT2D eigenvalue weighted by Crippen LogP contribution is 2.26. The van der Waals surface area contributed by atoms with Gasteiger partial charge in [0.15, 0.2) is 0 Å². The third kappa shape index (κ3) is 3.65. The predicted molar refractivity (Wildman–Crippen MR) is 87.6 cm³/mol. The van der Waals surface area contributed by atoms with Gasteiger partial charge in [-0.3, -0.25) is 4.79 Å². The highest BCUT2D eigenvalue weighted by molar-refractivity contribution is 6.35. The minimum atomic E-state index is -0.393. The lowest BCUT2D eigenvalue weighted by Crippen LogP contribution is -2.16. The van der Waals surface area contributed by atoms with E-state index in [4.69, 9.17) is 23.2 Å². The molecule has 2 N–H and O–H groups in total. The smallest absolute Gasteiger partial charge is 0.275 e. The first-order valence-corrected chi connectivity index (χ1v) is 7.25. The lowest BCUT2D eigenvalue weighted by atomic mass is 10.2. The SMILES string of the molecule is CCNc1ccc(Cl)c(C(=O)Nc2c(C)cccc2Cl)n1. The quantitative estimate of drug-likeness (QED) is 0.877. The van der Waals surface area contributed by atoms with Gasteiger partial charge in [-0.2, -0.15) is 0 Å². The average Bonchev–Trinajstić information content (AvgIpc) is 2.45. The van der Waals surface area contributed by atoms with Crippen molar-refractivity contribution < 1.29 is 4.79 Å². The summed E-state index contributed by atoms with van der Waals surface area (Å²) < 4.78 is 0. The van der Waals surface area contributed by atoms with Crippen molar-refractivity contribution in [2.24, 2.45) is 0 Å². The van der Waals surface area contributed by atoms with E-state index in [-0.39, 0.29) is 5.69 Å². The maximum Gasteiger partial charge on any atom is 0.275 e. The van der Waals surface area contributed by atoms with Gasteiger partial charge in [0, 0.05) is 6.54 Å². The molecule has 0 spiro atoms. The molecule has 0 radical (unpaired) electrons. The lowest BCUT2D eigenvalue weighted by Gasteiger charge is -2.11. The van der Waals surface area contributed by atoms with E-state index in [1.165, 1.54) is 0 Å². The van der Waals surface area contributed by atoms with Gasteiger partial charge < -0.3 is 10.6 Å².